The minimum absolute atomic E-state index is 0.203. The third kappa shape index (κ3) is 2.68. The maximum absolute atomic E-state index is 13.4. The van der Waals surface area contributed by atoms with Crippen LogP contribution in [0.1, 0.15) is 5.56 Å². The molecule has 0 bridgehead atoms. The fraction of sp³-hybridized carbons (Fsp3) is 0.143. The molecule has 1 unspecified atom stereocenters. The number of halogens is 1. The average molecular weight is 248 g/mol. The Balaban J connectivity index is 2.36. The van der Waals surface area contributed by atoms with E-state index in [1.54, 1.807) is 19.2 Å². The van der Waals surface area contributed by atoms with Crippen LogP contribution in [0.2, 0.25) is 0 Å². The van der Waals surface area contributed by atoms with Gasteiger partial charge >= 0.3 is 0 Å². The molecule has 0 saturated carbocycles. The summed E-state index contributed by atoms with van der Waals surface area (Å²) in [7, 11) is 0. The maximum Gasteiger partial charge on any atom is 0.152 e. The lowest BCUT2D eigenvalue weighted by atomic mass is 10.0. The molecule has 0 fully saturated rings. The van der Waals surface area contributed by atoms with Gasteiger partial charge in [-0.3, -0.25) is 0 Å². The van der Waals surface area contributed by atoms with Gasteiger partial charge in [0.2, 0.25) is 0 Å². The molecule has 2 aromatic carbocycles. The molecule has 0 aliphatic heterocycles. The summed E-state index contributed by atoms with van der Waals surface area (Å²) in [5.41, 5.74) is 2.40. The molecule has 0 amide bonds. The van der Waals surface area contributed by atoms with Crippen LogP contribution in [0.25, 0.3) is 11.1 Å². The van der Waals surface area contributed by atoms with E-state index in [1.807, 2.05) is 30.3 Å². The van der Waals surface area contributed by atoms with Crippen LogP contribution in [0.5, 0.6) is 0 Å². The van der Waals surface area contributed by atoms with Gasteiger partial charge in [-0.2, -0.15) is 0 Å². The van der Waals surface area contributed by atoms with Crippen molar-refractivity contribution in [3.05, 3.63) is 53.8 Å². The largest absolute Gasteiger partial charge is 0.612 e. The number of hydrogen-bond acceptors (Lipinski definition) is 1. The quantitative estimate of drug-likeness (QED) is 0.745. The molecule has 2 rings (SSSR count). The van der Waals surface area contributed by atoms with E-state index in [2.05, 4.69) is 0 Å². The predicted octanol–water partition coefficient (Wildman–Crippen LogP) is 3.54. The summed E-state index contributed by atoms with van der Waals surface area (Å²) in [5.74, 6) is -0.203. The van der Waals surface area contributed by atoms with Gasteiger partial charge in [0.25, 0.3) is 0 Å². The second-order valence-corrected chi connectivity index (χ2v) is 5.32. The second kappa shape index (κ2) is 4.90. The molecule has 0 heterocycles. The number of benzene rings is 2. The Hall–Kier alpha value is -1.32. The highest BCUT2D eigenvalue weighted by atomic mass is 32.2. The van der Waals surface area contributed by atoms with Crippen molar-refractivity contribution >= 4 is 11.2 Å². The first-order valence-electron chi connectivity index (χ1n) is 5.28. The van der Waals surface area contributed by atoms with Gasteiger partial charge in [0.05, 0.1) is 0 Å². The first kappa shape index (κ1) is 12.1. The van der Waals surface area contributed by atoms with E-state index >= 15 is 0 Å². The predicted molar refractivity (Wildman–Crippen MR) is 68.9 cm³/mol. The molecule has 2 aromatic rings. The van der Waals surface area contributed by atoms with E-state index in [9.17, 15) is 8.94 Å². The highest BCUT2D eigenvalue weighted by molar-refractivity contribution is 7.90. The lowest BCUT2D eigenvalue weighted by Gasteiger charge is -2.06. The van der Waals surface area contributed by atoms with E-state index in [4.69, 9.17) is 0 Å². The monoisotopic (exact) mass is 248 g/mol. The lowest BCUT2D eigenvalue weighted by molar-refractivity contribution is 0.601. The summed E-state index contributed by atoms with van der Waals surface area (Å²) >= 11 is -0.976. The number of aryl methyl sites for hydroxylation is 1. The Morgan fingerprint density at radius 2 is 1.59 bits per heavy atom. The summed E-state index contributed by atoms with van der Waals surface area (Å²) in [6.07, 6.45) is 1.64. The van der Waals surface area contributed by atoms with Crippen molar-refractivity contribution in [3.8, 4) is 11.1 Å². The smallest absolute Gasteiger partial charge is 0.152 e. The van der Waals surface area contributed by atoms with Gasteiger partial charge in [-0.25, -0.2) is 4.39 Å². The number of rotatable bonds is 2. The molecule has 0 saturated heterocycles. The molecule has 1 nitrogen and oxygen atoms in total. The van der Waals surface area contributed by atoms with E-state index < -0.39 is 11.2 Å². The van der Waals surface area contributed by atoms with Gasteiger partial charge in [-0.15, -0.1) is 0 Å². The Bertz CT molecular complexity index is 520. The van der Waals surface area contributed by atoms with Crippen LogP contribution in [0.3, 0.4) is 0 Å². The zero-order valence-corrected chi connectivity index (χ0v) is 10.6. The van der Waals surface area contributed by atoms with Gasteiger partial charge in [0.15, 0.2) is 4.90 Å². The zero-order valence-electron chi connectivity index (χ0n) is 9.74. The fourth-order valence-corrected chi connectivity index (χ4v) is 2.13. The van der Waals surface area contributed by atoms with E-state index in [0.717, 1.165) is 16.0 Å². The Morgan fingerprint density at radius 3 is 2.12 bits per heavy atom. The minimum Gasteiger partial charge on any atom is -0.612 e. The molecule has 0 spiro atoms. The Labute approximate surface area is 103 Å². The highest BCUT2D eigenvalue weighted by Gasteiger charge is 2.05. The van der Waals surface area contributed by atoms with Gasteiger partial charge in [0, 0.05) is 0 Å². The molecule has 1 atom stereocenters. The summed E-state index contributed by atoms with van der Waals surface area (Å²) in [5, 5.41) is 0. The summed E-state index contributed by atoms with van der Waals surface area (Å²) < 4.78 is 24.7. The van der Waals surface area contributed by atoms with Gasteiger partial charge in [-0.05, 0) is 65.1 Å². The topological polar surface area (TPSA) is 23.1 Å². The molecule has 3 heteroatoms. The molecule has 0 aromatic heterocycles. The van der Waals surface area contributed by atoms with Crippen LogP contribution in [-0.2, 0) is 11.2 Å². The first-order chi connectivity index (χ1) is 8.08. The van der Waals surface area contributed by atoms with E-state index in [-0.39, 0.29) is 5.82 Å². The molecule has 88 valence electrons. The molecule has 0 radical (unpaired) electrons. The van der Waals surface area contributed by atoms with Crippen LogP contribution < -0.4 is 0 Å². The van der Waals surface area contributed by atoms with E-state index in [0.29, 0.717) is 5.56 Å². The van der Waals surface area contributed by atoms with Crippen molar-refractivity contribution < 1.29 is 8.94 Å². The first-order valence-corrected chi connectivity index (χ1v) is 6.84. The molecule has 0 aliphatic carbocycles. The van der Waals surface area contributed by atoms with Crippen molar-refractivity contribution in [2.24, 2.45) is 0 Å². The molecule has 0 N–H and O–H groups in total. The van der Waals surface area contributed by atoms with E-state index in [1.165, 1.54) is 6.07 Å². The van der Waals surface area contributed by atoms with Crippen LogP contribution >= 0.6 is 0 Å². The third-order valence-electron chi connectivity index (χ3n) is 2.69. The van der Waals surface area contributed by atoms with Crippen molar-refractivity contribution in [2.75, 3.05) is 6.26 Å². The molecular weight excluding hydrogens is 235 g/mol. The number of hydrogen-bond donors (Lipinski definition) is 0. The van der Waals surface area contributed by atoms with Crippen molar-refractivity contribution in [1.29, 1.82) is 0 Å². The second-order valence-electron chi connectivity index (χ2n) is 3.94. The zero-order chi connectivity index (χ0) is 12.4. The van der Waals surface area contributed by atoms with Crippen molar-refractivity contribution in [1.82, 2.24) is 0 Å². The SMILES string of the molecule is Cc1ccc(-c2ccc([S+](C)[O-])cc2)cc1F. The fourth-order valence-electron chi connectivity index (χ4n) is 1.61. The molecule has 17 heavy (non-hydrogen) atoms. The summed E-state index contributed by atoms with van der Waals surface area (Å²) in [6, 6.07) is 12.5. The Morgan fingerprint density at radius 1 is 1.00 bits per heavy atom. The van der Waals surface area contributed by atoms with Gasteiger partial charge < -0.3 is 4.55 Å². The normalized spacial score (nSPS) is 12.5. The third-order valence-corrected chi connectivity index (χ3v) is 3.63. The standard InChI is InChI=1S/C14H13FOS/c1-10-3-4-12(9-14(10)15)11-5-7-13(8-6-11)17(2)16/h3-9H,1-2H3. The highest BCUT2D eigenvalue weighted by Crippen LogP contribution is 2.23. The van der Waals surface area contributed by atoms with Gasteiger partial charge in [-0.1, -0.05) is 12.1 Å². The summed E-state index contributed by atoms with van der Waals surface area (Å²) in [6.45, 7) is 1.74. The maximum atomic E-state index is 13.4. The van der Waals surface area contributed by atoms with Crippen molar-refractivity contribution in [3.63, 3.8) is 0 Å². The molecular formula is C14H13FOS. The van der Waals surface area contributed by atoms with Crippen LogP contribution in [0.4, 0.5) is 4.39 Å². The summed E-state index contributed by atoms with van der Waals surface area (Å²) in [4.78, 5) is 0.779. The van der Waals surface area contributed by atoms with Crippen LogP contribution in [-0.4, -0.2) is 10.8 Å². The average Bonchev–Trinajstić information content (AvgIpc) is 2.33. The Kier molecular flexibility index (Phi) is 3.50. The lowest BCUT2D eigenvalue weighted by Crippen LogP contribution is -1.96. The van der Waals surface area contributed by atoms with Crippen LogP contribution in [0, 0.1) is 12.7 Å². The minimum atomic E-state index is -0.976. The van der Waals surface area contributed by atoms with Crippen LogP contribution in [0.15, 0.2) is 47.4 Å². The van der Waals surface area contributed by atoms with Crippen molar-refractivity contribution in [2.45, 2.75) is 11.8 Å². The molecule has 0 aliphatic rings. The van der Waals surface area contributed by atoms with Gasteiger partial charge in [0.1, 0.15) is 12.1 Å².